The van der Waals surface area contributed by atoms with Crippen LogP contribution in [0.1, 0.15) is 18.4 Å². The molecular weight excluding hydrogens is 281 g/mol. The summed E-state index contributed by atoms with van der Waals surface area (Å²) in [7, 11) is 0. The van der Waals surface area contributed by atoms with Crippen LogP contribution in [0.25, 0.3) is 0 Å². The van der Waals surface area contributed by atoms with Gasteiger partial charge in [0.2, 0.25) is 0 Å². The largest absolute Gasteiger partial charge is 0.417 e. The number of rotatable bonds is 2. The lowest BCUT2D eigenvalue weighted by atomic mass is 9.98. The lowest BCUT2D eigenvalue weighted by molar-refractivity contribution is -0.137. The number of piperidine rings is 1. The first-order chi connectivity index (χ1) is 8.91. The molecular formula is C12H14ClF3N2O. The van der Waals surface area contributed by atoms with Gasteiger partial charge in [0, 0.05) is 25.9 Å². The van der Waals surface area contributed by atoms with Crippen molar-refractivity contribution in [3.05, 3.63) is 22.8 Å². The van der Waals surface area contributed by atoms with Crippen molar-refractivity contribution < 1.29 is 18.3 Å². The van der Waals surface area contributed by atoms with Crippen LogP contribution in [0.15, 0.2) is 12.3 Å². The number of aliphatic hydroxyl groups excluding tert-OH is 1. The Morgan fingerprint density at radius 3 is 2.47 bits per heavy atom. The fourth-order valence-corrected chi connectivity index (χ4v) is 2.43. The highest BCUT2D eigenvalue weighted by molar-refractivity contribution is 6.33. The Morgan fingerprint density at radius 2 is 2.00 bits per heavy atom. The number of hydrogen-bond acceptors (Lipinski definition) is 3. The van der Waals surface area contributed by atoms with Gasteiger partial charge in [-0.1, -0.05) is 11.6 Å². The first kappa shape index (κ1) is 14.4. The van der Waals surface area contributed by atoms with E-state index in [1.807, 2.05) is 4.90 Å². The van der Waals surface area contributed by atoms with Gasteiger partial charge in [-0.3, -0.25) is 0 Å². The van der Waals surface area contributed by atoms with Crippen LogP contribution in [0.5, 0.6) is 0 Å². The molecule has 1 fully saturated rings. The number of anilines is 1. The second-order valence-corrected chi connectivity index (χ2v) is 5.05. The normalized spacial score (nSPS) is 17.8. The minimum Gasteiger partial charge on any atom is -0.396 e. The molecule has 19 heavy (non-hydrogen) atoms. The predicted octanol–water partition coefficient (Wildman–Crippen LogP) is 2.96. The third kappa shape index (κ3) is 3.30. The van der Waals surface area contributed by atoms with E-state index in [9.17, 15) is 13.2 Å². The van der Waals surface area contributed by atoms with E-state index in [1.54, 1.807) is 0 Å². The average Bonchev–Trinajstić information content (AvgIpc) is 2.38. The van der Waals surface area contributed by atoms with Gasteiger partial charge in [-0.2, -0.15) is 13.2 Å². The Balaban J connectivity index is 2.14. The maximum absolute atomic E-state index is 12.5. The summed E-state index contributed by atoms with van der Waals surface area (Å²) in [4.78, 5) is 5.69. The summed E-state index contributed by atoms with van der Waals surface area (Å²) < 4.78 is 37.5. The van der Waals surface area contributed by atoms with E-state index in [4.69, 9.17) is 16.7 Å². The van der Waals surface area contributed by atoms with Crippen molar-refractivity contribution in [3.8, 4) is 0 Å². The van der Waals surface area contributed by atoms with Crippen molar-refractivity contribution in [2.45, 2.75) is 19.0 Å². The molecule has 1 aliphatic rings. The van der Waals surface area contributed by atoms with Gasteiger partial charge in [0.25, 0.3) is 0 Å². The van der Waals surface area contributed by atoms with Gasteiger partial charge in [-0.25, -0.2) is 4.98 Å². The van der Waals surface area contributed by atoms with Crippen LogP contribution in [-0.4, -0.2) is 29.8 Å². The summed E-state index contributed by atoms with van der Waals surface area (Å²) in [6.07, 6.45) is -2.05. The van der Waals surface area contributed by atoms with Crippen LogP contribution in [0, 0.1) is 5.92 Å². The van der Waals surface area contributed by atoms with E-state index in [2.05, 4.69) is 4.98 Å². The zero-order chi connectivity index (χ0) is 14.0. The topological polar surface area (TPSA) is 36.4 Å². The summed E-state index contributed by atoms with van der Waals surface area (Å²) in [5.74, 6) is 0.635. The molecule has 2 heterocycles. The smallest absolute Gasteiger partial charge is 0.396 e. The lowest BCUT2D eigenvalue weighted by Gasteiger charge is -2.32. The number of alkyl halides is 3. The lowest BCUT2D eigenvalue weighted by Crippen LogP contribution is -2.35. The van der Waals surface area contributed by atoms with Crippen molar-refractivity contribution in [2.24, 2.45) is 5.92 Å². The van der Waals surface area contributed by atoms with Crippen LogP contribution in [0.3, 0.4) is 0 Å². The highest BCUT2D eigenvalue weighted by Crippen LogP contribution is 2.34. The summed E-state index contributed by atoms with van der Waals surface area (Å²) in [5.41, 5.74) is -0.841. The summed E-state index contributed by atoms with van der Waals surface area (Å²) in [6, 6.07) is 0.905. The van der Waals surface area contributed by atoms with Crippen molar-refractivity contribution in [3.63, 3.8) is 0 Å². The monoisotopic (exact) mass is 294 g/mol. The van der Waals surface area contributed by atoms with E-state index in [1.165, 1.54) is 0 Å². The number of nitrogens with zero attached hydrogens (tertiary/aromatic N) is 2. The molecule has 0 radical (unpaired) electrons. The molecule has 0 spiro atoms. The second-order valence-electron chi connectivity index (χ2n) is 4.64. The third-order valence-electron chi connectivity index (χ3n) is 3.32. The SMILES string of the molecule is OCC1CCN(c2ncc(C(F)(F)F)cc2Cl)CC1. The Kier molecular flexibility index (Phi) is 4.20. The first-order valence-corrected chi connectivity index (χ1v) is 6.38. The Morgan fingerprint density at radius 1 is 1.37 bits per heavy atom. The fourth-order valence-electron chi connectivity index (χ4n) is 2.15. The average molecular weight is 295 g/mol. The fraction of sp³-hybridized carbons (Fsp3) is 0.583. The Bertz CT molecular complexity index is 445. The first-order valence-electron chi connectivity index (χ1n) is 6.00. The maximum atomic E-state index is 12.5. The van der Waals surface area contributed by atoms with E-state index in [0.29, 0.717) is 18.9 Å². The molecule has 7 heteroatoms. The predicted molar refractivity (Wildman–Crippen MR) is 66.3 cm³/mol. The molecule has 0 atom stereocenters. The summed E-state index contributed by atoms with van der Waals surface area (Å²) in [6.45, 7) is 1.43. The Labute approximate surface area is 114 Å². The molecule has 1 aliphatic heterocycles. The van der Waals surface area contributed by atoms with E-state index in [-0.39, 0.29) is 17.5 Å². The van der Waals surface area contributed by atoms with Crippen LogP contribution in [-0.2, 0) is 6.18 Å². The van der Waals surface area contributed by atoms with Crippen molar-refractivity contribution in [1.29, 1.82) is 0 Å². The molecule has 0 unspecified atom stereocenters. The van der Waals surface area contributed by atoms with Gasteiger partial charge in [0.1, 0.15) is 5.82 Å². The quantitative estimate of drug-likeness (QED) is 0.911. The number of pyridine rings is 1. The molecule has 2 rings (SSSR count). The molecule has 3 nitrogen and oxygen atoms in total. The van der Waals surface area contributed by atoms with E-state index >= 15 is 0 Å². The maximum Gasteiger partial charge on any atom is 0.417 e. The van der Waals surface area contributed by atoms with E-state index < -0.39 is 11.7 Å². The number of halogens is 4. The van der Waals surface area contributed by atoms with Gasteiger partial charge >= 0.3 is 6.18 Å². The molecule has 0 aliphatic carbocycles. The molecule has 1 aromatic heterocycles. The molecule has 1 N–H and O–H groups in total. The zero-order valence-corrected chi connectivity index (χ0v) is 10.9. The highest BCUT2D eigenvalue weighted by Gasteiger charge is 2.32. The summed E-state index contributed by atoms with van der Waals surface area (Å²) >= 11 is 5.89. The second kappa shape index (κ2) is 5.54. The van der Waals surface area contributed by atoms with Gasteiger partial charge in [-0.05, 0) is 24.8 Å². The van der Waals surface area contributed by atoms with Crippen LogP contribution in [0.4, 0.5) is 19.0 Å². The van der Waals surface area contributed by atoms with Crippen LogP contribution >= 0.6 is 11.6 Å². The van der Waals surface area contributed by atoms with Gasteiger partial charge < -0.3 is 10.0 Å². The van der Waals surface area contributed by atoms with Crippen molar-refractivity contribution in [1.82, 2.24) is 4.98 Å². The minimum atomic E-state index is -4.43. The molecule has 0 aromatic carbocycles. The highest BCUT2D eigenvalue weighted by atomic mass is 35.5. The van der Waals surface area contributed by atoms with Crippen LogP contribution < -0.4 is 4.90 Å². The Hall–Kier alpha value is -1.01. The van der Waals surface area contributed by atoms with E-state index in [0.717, 1.165) is 25.1 Å². The van der Waals surface area contributed by atoms with Gasteiger partial charge in [0.05, 0.1) is 10.6 Å². The number of aliphatic hydroxyl groups is 1. The third-order valence-corrected chi connectivity index (χ3v) is 3.60. The molecule has 106 valence electrons. The molecule has 0 bridgehead atoms. The van der Waals surface area contributed by atoms with Crippen molar-refractivity contribution >= 4 is 17.4 Å². The summed E-state index contributed by atoms with van der Waals surface area (Å²) in [5, 5.41) is 9.05. The molecule has 1 saturated heterocycles. The zero-order valence-electron chi connectivity index (χ0n) is 10.1. The minimum absolute atomic E-state index is 0.0114. The van der Waals surface area contributed by atoms with Gasteiger partial charge in [-0.15, -0.1) is 0 Å². The van der Waals surface area contributed by atoms with Crippen LogP contribution in [0.2, 0.25) is 5.02 Å². The van der Waals surface area contributed by atoms with Gasteiger partial charge in [0.15, 0.2) is 0 Å². The van der Waals surface area contributed by atoms with Crippen molar-refractivity contribution in [2.75, 3.05) is 24.6 Å². The molecule has 0 amide bonds. The number of aromatic nitrogens is 1. The molecule has 1 aromatic rings. The standard InChI is InChI=1S/C12H14ClF3N2O/c13-10-5-9(12(14,15)16)6-17-11(10)18-3-1-8(7-19)2-4-18/h5-6,8,19H,1-4,7H2. The number of hydrogen-bond donors (Lipinski definition) is 1. The molecule has 0 saturated carbocycles.